The van der Waals surface area contributed by atoms with Crippen LogP contribution in [0.25, 0.3) is 0 Å². The molecule has 0 aromatic heterocycles. The molecule has 0 aliphatic rings. The van der Waals surface area contributed by atoms with Crippen LogP contribution in [-0.4, -0.2) is 0 Å². The summed E-state index contributed by atoms with van der Waals surface area (Å²) in [5.74, 6) is 0. The molecule has 0 saturated carbocycles. The predicted octanol–water partition coefficient (Wildman–Crippen LogP) is 5.89. The average Bonchev–Trinajstić information content (AvgIpc) is 2.71. The summed E-state index contributed by atoms with van der Waals surface area (Å²) in [5, 5.41) is 0. The summed E-state index contributed by atoms with van der Waals surface area (Å²) in [7, 11) is 0. The molecule has 0 amide bonds. The molecule has 1 heteroatoms. The van der Waals surface area contributed by atoms with Gasteiger partial charge < -0.3 is 27.8 Å². The third-order valence-electron chi connectivity index (χ3n) is 5.62. The van der Waals surface area contributed by atoms with Gasteiger partial charge >= 0.3 is 0 Å². The fourth-order valence-electron chi connectivity index (χ4n) is 2.81. The second-order valence-electron chi connectivity index (χ2n) is 6.25. The molecule has 0 atom stereocenters. The zero-order chi connectivity index (χ0) is 15.8. The van der Waals surface area contributed by atoms with Crippen LogP contribution in [0, 0.1) is 69.2 Å². The van der Waals surface area contributed by atoms with Crippen molar-refractivity contribution in [2.75, 3.05) is 0 Å². The van der Waals surface area contributed by atoms with Gasteiger partial charge in [-0.25, -0.2) is 34.6 Å². The second-order valence-corrected chi connectivity index (χ2v) is 6.25. The SMILES string of the molecule is C[c-]1[c-](C)[c-](C)[c-](C)[c-]1C.Cc1c(C)c(C)[c-](C)c1C.[Ni]. The van der Waals surface area contributed by atoms with Gasteiger partial charge in [0.05, 0.1) is 0 Å². The van der Waals surface area contributed by atoms with Gasteiger partial charge in [-0.05, 0) is 0 Å². The van der Waals surface area contributed by atoms with E-state index < -0.39 is 0 Å². The molecule has 0 saturated heterocycles. The van der Waals surface area contributed by atoms with Gasteiger partial charge in [-0.1, -0.05) is 34.6 Å². The van der Waals surface area contributed by atoms with Crippen molar-refractivity contribution in [3.05, 3.63) is 55.6 Å². The third kappa shape index (κ3) is 3.69. The van der Waals surface area contributed by atoms with Crippen LogP contribution in [-0.2, 0) is 16.5 Å². The van der Waals surface area contributed by atoms with Crippen LogP contribution in [0.3, 0.4) is 0 Å². The molecule has 0 bridgehead atoms. The smallest absolute Gasteiger partial charge is 0 e. The minimum atomic E-state index is 0. The Morgan fingerprint density at radius 3 is 0.762 bits per heavy atom. The Balaban J connectivity index is 0.000000364. The summed E-state index contributed by atoms with van der Waals surface area (Å²) in [4.78, 5) is 0. The van der Waals surface area contributed by atoms with E-state index in [1.165, 1.54) is 55.6 Å². The Bertz CT molecular complexity index is 404. The van der Waals surface area contributed by atoms with Gasteiger partial charge in [0, 0.05) is 16.5 Å². The largest absolute Gasteiger partial charge is 0.731 e. The Hall–Kier alpha value is -0.806. The van der Waals surface area contributed by atoms with Crippen molar-refractivity contribution in [2.24, 2.45) is 0 Å². The van der Waals surface area contributed by atoms with Gasteiger partial charge in [0.15, 0.2) is 0 Å². The predicted molar refractivity (Wildman–Crippen MR) is 91.4 cm³/mol. The second kappa shape index (κ2) is 7.45. The molecule has 0 unspecified atom stereocenters. The van der Waals surface area contributed by atoms with E-state index in [0.29, 0.717) is 0 Å². The first-order chi connectivity index (χ1) is 9.11. The van der Waals surface area contributed by atoms with E-state index in [-0.39, 0.29) is 16.5 Å². The van der Waals surface area contributed by atoms with E-state index in [1.807, 2.05) is 0 Å². The Kier molecular flexibility index (Phi) is 7.17. The number of hydrogen-bond donors (Lipinski definition) is 0. The maximum atomic E-state index is 2.20. The van der Waals surface area contributed by atoms with Gasteiger partial charge in [0.2, 0.25) is 0 Å². The van der Waals surface area contributed by atoms with Crippen molar-refractivity contribution in [2.45, 2.75) is 69.2 Å². The molecule has 2 aromatic rings. The summed E-state index contributed by atoms with van der Waals surface area (Å²) < 4.78 is 0. The Morgan fingerprint density at radius 2 is 0.667 bits per heavy atom. The minimum Gasteiger partial charge on any atom is -0.731 e. The molecule has 0 N–H and O–H groups in total. The first-order valence-corrected chi connectivity index (χ1v) is 7.50. The van der Waals surface area contributed by atoms with E-state index in [2.05, 4.69) is 69.2 Å². The van der Waals surface area contributed by atoms with Crippen molar-refractivity contribution < 1.29 is 16.5 Å². The Morgan fingerprint density at radius 1 is 0.476 bits per heavy atom. The molecule has 2 aromatic carbocycles. The van der Waals surface area contributed by atoms with Gasteiger partial charge in [0.1, 0.15) is 0 Å². The number of hydrogen-bond acceptors (Lipinski definition) is 0. The summed E-state index contributed by atoms with van der Waals surface area (Å²) in [5.41, 5.74) is 14.7. The van der Waals surface area contributed by atoms with E-state index in [0.717, 1.165) is 0 Å². The topological polar surface area (TPSA) is 0 Å². The van der Waals surface area contributed by atoms with Crippen LogP contribution in [0.4, 0.5) is 0 Å². The van der Waals surface area contributed by atoms with Crippen molar-refractivity contribution in [1.29, 1.82) is 0 Å². The molecular weight excluding hydrogens is 299 g/mol. The summed E-state index contributed by atoms with van der Waals surface area (Å²) in [6.45, 7) is 22.0. The van der Waals surface area contributed by atoms with E-state index in [9.17, 15) is 0 Å². The molecule has 0 aliphatic heterocycles. The maximum absolute atomic E-state index is 2.20. The monoisotopic (exact) mass is 328 g/mol. The molecule has 21 heavy (non-hydrogen) atoms. The standard InChI is InChI=1S/2C10H15.Ni/c2*1-6-7(2)9(4)10(5)8(6)3;/h2*1-5H3;/q-5;-1;. The van der Waals surface area contributed by atoms with E-state index >= 15 is 0 Å². The number of rotatable bonds is 0. The van der Waals surface area contributed by atoms with Crippen molar-refractivity contribution in [3.8, 4) is 0 Å². The van der Waals surface area contributed by atoms with Crippen molar-refractivity contribution in [3.63, 3.8) is 0 Å². The van der Waals surface area contributed by atoms with Crippen LogP contribution in [0.1, 0.15) is 55.6 Å². The molecule has 126 valence electrons. The van der Waals surface area contributed by atoms with Crippen molar-refractivity contribution in [1.82, 2.24) is 0 Å². The molecule has 2 rings (SSSR count). The summed E-state index contributed by atoms with van der Waals surface area (Å²) >= 11 is 0. The molecule has 0 fully saturated rings. The maximum Gasteiger partial charge on any atom is 0 e. The van der Waals surface area contributed by atoms with Gasteiger partial charge in [0.25, 0.3) is 0 Å². The van der Waals surface area contributed by atoms with E-state index in [1.54, 1.807) is 0 Å². The quantitative estimate of drug-likeness (QED) is 0.417. The van der Waals surface area contributed by atoms with Crippen LogP contribution < -0.4 is 0 Å². The first-order valence-electron chi connectivity index (χ1n) is 7.50. The van der Waals surface area contributed by atoms with Crippen molar-refractivity contribution >= 4 is 0 Å². The summed E-state index contributed by atoms with van der Waals surface area (Å²) in [6, 6.07) is 0. The normalized spacial score (nSPS) is 10.0. The zero-order valence-electron chi connectivity index (χ0n) is 15.3. The minimum absolute atomic E-state index is 0. The fraction of sp³-hybridized carbons (Fsp3) is 0.500. The van der Waals surface area contributed by atoms with Crippen LogP contribution >= 0.6 is 0 Å². The average molecular weight is 329 g/mol. The summed E-state index contributed by atoms with van der Waals surface area (Å²) in [6.07, 6.45) is 0. The molecular formula is C20H30Ni-6. The Labute approximate surface area is 141 Å². The van der Waals surface area contributed by atoms with Crippen LogP contribution in [0.5, 0.6) is 0 Å². The molecule has 0 nitrogen and oxygen atoms in total. The van der Waals surface area contributed by atoms with E-state index in [4.69, 9.17) is 0 Å². The van der Waals surface area contributed by atoms with Crippen LogP contribution in [0.15, 0.2) is 0 Å². The molecule has 0 spiro atoms. The first kappa shape index (κ1) is 20.2. The molecule has 0 aliphatic carbocycles. The molecule has 0 radical (unpaired) electrons. The third-order valence-corrected chi connectivity index (χ3v) is 5.62. The van der Waals surface area contributed by atoms with Gasteiger partial charge in [-0.2, -0.15) is 27.8 Å². The zero-order valence-corrected chi connectivity index (χ0v) is 16.3. The fourth-order valence-corrected chi connectivity index (χ4v) is 2.81. The van der Waals surface area contributed by atoms with Gasteiger partial charge in [-0.15, -0.1) is 0 Å². The van der Waals surface area contributed by atoms with Gasteiger partial charge in [-0.3, -0.25) is 0 Å². The molecule has 0 heterocycles. The van der Waals surface area contributed by atoms with Crippen LogP contribution in [0.2, 0.25) is 0 Å².